The molecule has 5 heteroatoms. The van der Waals surface area contributed by atoms with Gasteiger partial charge in [0.05, 0.1) is 13.0 Å². The van der Waals surface area contributed by atoms with E-state index in [-0.39, 0.29) is 24.8 Å². The lowest BCUT2D eigenvalue weighted by molar-refractivity contribution is -0.160. The highest BCUT2D eigenvalue weighted by atomic mass is 16.5. The van der Waals surface area contributed by atoms with E-state index in [1.54, 1.807) is 4.90 Å². The number of carbonyl (C=O) groups excluding carboxylic acids is 2. The van der Waals surface area contributed by atoms with Gasteiger partial charge in [-0.2, -0.15) is 0 Å². The van der Waals surface area contributed by atoms with Gasteiger partial charge in [-0.25, -0.2) is 0 Å². The van der Waals surface area contributed by atoms with Crippen LogP contribution in [0.2, 0.25) is 0 Å². The van der Waals surface area contributed by atoms with Crippen molar-refractivity contribution in [3.8, 4) is 0 Å². The van der Waals surface area contributed by atoms with Gasteiger partial charge in [-0.05, 0) is 42.7 Å². The first-order valence-corrected chi connectivity index (χ1v) is 10.9. The summed E-state index contributed by atoms with van der Waals surface area (Å²) in [5.74, 6) is 0.445. The Bertz CT molecular complexity index is 860. The zero-order chi connectivity index (χ0) is 21.0. The zero-order valence-electron chi connectivity index (χ0n) is 17.5. The Morgan fingerprint density at radius 2 is 1.60 bits per heavy atom. The molecule has 1 heterocycles. The van der Waals surface area contributed by atoms with Gasteiger partial charge < -0.3 is 10.1 Å². The normalized spacial score (nSPS) is 26.0. The van der Waals surface area contributed by atoms with Crippen LogP contribution in [0, 0.1) is 5.92 Å². The minimum absolute atomic E-state index is 0.0342. The average molecular weight is 407 g/mol. The number of ether oxygens (including phenoxy) is 1. The summed E-state index contributed by atoms with van der Waals surface area (Å²) in [5, 5.41) is 3.01. The van der Waals surface area contributed by atoms with Crippen LogP contribution in [0.4, 0.5) is 0 Å². The standard InChI is InChI=1S/C25H30N2O3/c1-19-12-14-25(15-13-19)27(23(28)16-20-8-4-2-5-9-20)22(18-30-25)24(29)26-17-21-10-6-3-7-11-21/h2-11,19,22H,12-18H2,1H3,(H,26,29)/t19?,22-,25?/m1/s1. The predicted molar refractivity (Wildman–Crippen MR) is 115 cm³/mol. The van der Waals surface area contributed by atoms with Crippen molar-refractivity contribution in [1.29, 1.82) is 0 Å². The van der Waals surface area contributed by atoms with Crippen molar-refractivity contribution < 1.29 is 14.3 Å². The molecule has 1 saturated carbocycles. The highest BCUT2D eigenvalue weighted by Gasteiger charge is 2.53. The number of amides is 2. The molecule has 0 aromatic heterocycles. The molecule has 2 amide bonds. The van der Waals surface area contributed by atoms with Gasteiger partial charge in [-0.15, -0.1) is 0 Å². The van der Waals surface area contributed by atoms with Crippen LogP contribution in [0.3, 0.4) is 0 Å². The first kappa shape index (κ1) is 20.6. The van der Waals surface area contributed by atoms with Crippen molar-refractivity contribution in [3.05, 3.63) is 71.8 Å². The van der Waals surface area contributed by atoms with Gasteiger partial charge in [0, 0.05) is 6.54 Å². The lowest BCUT2D eigenvalue weighted by Gasteiger charge is -2.43. The van der Waals surface area contributed by atoms with Gasteiger partial charge in [0.15, 0.2) is 0 Å². The van der Waals surface area contributed by atoms with E-state index in [0.717, 1.165) is 36.8 Å². The highest BCUT2D eigenvalue weighted by molar-refractivity contribution is 5.89. The molecule has 0 unspecified atom stereocenters. The van der Waals surface area contributed by atoms with Crippen molar-refractivity contribution >= 4 is 11.8 Å². The first-order valence-electron chi connectivity index (χ1n) is 10.9. The second kappa shape index (κ2) is 9.00. The molecular formula is C25H30N2O3. The van der Waals surface area contributed by atoms with Crippen LogP contribution >= 0.6 is 0 Å². The van der Waals surface area contributed by atoms with Crippen LogP contribution in [0.1, 0.15) is 43.7 Å². The van der Waals surface area contributed by atoms with E-state index in [1.165, 1.54) is 0 Å². The molecule has 0 radical (unpaired) electrons. The smallest absolute Gasteiger partial charge is 0.245 e. The van der Waals surface area contributed by atoms with Crippen molar-refractivity contribution in [2.24, 2.45) is 5.92 Å². The predicted octanol–water partition coefficient (Wildman–Crippen LogP) is 3.68. The minimum Gasteiger partial charge on any atom is -0.353 e. The fourth-order valence-electron chi connectivity index (χ4n) is 4.61. The average Bonchev–Trinajstić information content (AvgIpc) is 3.15. The van der Waals surface area contributed by atoms with Crippen LogP contribution in [-0.2, 0) is 27.3 Å². The molecule has 1 aliphatic heterocycles. The summed E-state index contributed by atoms with van der Waals surface area (Å²) < 4.78 is 6.23. The molecule has 1 atom stereocenters. The molecule has 2 aromatic carbocycles. The van der Waals surface area contributed by atoms with Gasteiger partial charge in [0.1, 0.15) is 11.8 Å². The second-order valence-electron chi connectivity index (χ2n) is 8.59. The molecule has 2 aliphatic rings. The molecule has 4 rings (SSSR count). The quantitative estimate of drug-likeness (QED) is 0.824. The summed E-state index contributed by atoms with van der Waals surface area (Å²) in [6, 6.07) is 19.0. The summed E-state index contributed by atoms with van der Waals surface area (Å²) in [6.07, 6.45) is 3.87. The lowest BCUT2D eigenvalue weighted by Crippen LogP contribution is -2.57. The summed E-state index contributed by atoms with van der Waals surface area (Å²) in [5.41, 5.74) is 1.35. The maximum atomic E-state index is 13.4. The highest BCUT2D eigenvalue weighted by Crippen LogP contribution is 2.42. The Kier molecular flexibility index (Phi) is 6.18. The zero-order valence-corrected chi connectivity index (χ0v) is 17.5. The third-order valence-corrected chi connectivity index (χ3v) is 6.40. The number of carbonyl (C=O) groups is 2. The third kappa shape index (κ3) is 4.41. The molecular weight excluding hydrogens is 376 g/mol. The fourth-order valence-corrected chi connectivity index (χ4v) is 4.61. The van der Waals surface area contributed by atoms with E-state index >= 15 is 0 Å². The molecule has 2 aromatic rings. The first-order chi connectivity index (χ1) is 14.6. The van der Waals surface area contributed by atoms with E-state index in [0.29, 0.717) is 12.5 Å². The molecule has 5 nitrogen and oxygen atoms in total. The van der Waals surface area contributed by atoms with Crippen LogP contribution < -0.4 is 5.32 Å². The maximum absolute atomic E-state index is 13.4. The summed E-state index contributed by atoms with van der Waals surface area (Å²) in [6.45, 7) is 2.94. The van der Waals surface area contributed by atoms with Gasteiger partial charge in [0.25, 0.3) is 0 Å². The van der Waals surface area contributed by atoms with E-state index in [9.17, 15) is 9.59 Å². The molecule has 1 N–H and O–H groups in total. The molecule has 0 bridgehead atoms. The van der Waals surface area contributed by atoms with E-state index in [4.69, 9.17) is 4.74 Å². The number of hydrogen-bond donors (Lipinski definition) is 1. The largest absolute Gasteiger partial charge is 0.353 e. The van der Waals surface area contributed by atoms with Crippen molar-refractivity contribution in [3.63, 3.8) is 0 Å². The number of benzene rings is 2. The van der Waals surface area contributed by atoms with Gasteiger partial charge in [-0.1, -0.05) is 67.6 Å². The van der Waals surface area contributed by atoms with Crippen molar-refractivity contribution in [1.82, 2.24) is 10.2 Å². The molecule has 1 aliphatic carbocycles. The van der Waals surface area contributed by atoms with Crippen LogP contribution in [0.15, 0.2) is 60.7 Å². The Balaban J connectivity index is 1.52. The van der Waals surface area contributed by atoms with Gasteiger partial charge in [-0.3, -0.25) is 14.5 Å². The fraction of sp³-hybridized carbons (Fsp3) is 0.440. The summed E-state index contributed by atoms with van der Waals surface area (Å²) in [4.78, 5) is 28.3. The molecule has 158 valence electrons. The Morgan fingerprint density at radius 1 is 1.00 bits per heavy atom. The Morgan fingerprint density at radius 3 is 2.23 bits per heavy atom. The van der Waals surface area contributed by atoms with Crippen molar-refractivity contribution in [2.75, 3.05) is 6.61 Å². The Hall–Kier alpha value is -2.66. The van der Waals surface area contributed by atoms with E-state index < -0.39 is 11.8 Å². The number of nitrogens with zero attached hydrogens (tertiary/aromatic N) is 1. The van der Waals surface area contributed by atoms with Crippen molar-refractivity contribution in [2.45, 2.75) is 57.3 Å². The van der Waals surface area contributed by atoms with Crippen LogP contribution in [0.25, 0.3) is 0 Å². The number of rotatable bonds is 5. The monoisotopic (exact) mass is 406 g/mol. The Labute approximate surface area is 178 Å². The molecule has 2 fully saturated rings. The third-order valence-electron chi connectivity index (χ3n) is 6.40. The van der Waals surface area contributed by atoms with Gasteiger partial charge in [0.2, 0.25) is 11.8 Å². The molecule has 1 saturated heterocycles. The lowest BCUT2D eigenvalue weighted by atomic mass is 9.83. The SMILES string of the molecule is CC1CCC2(CC1)OC[C@H](C(=O)NCc1ccccc1)N2C(=O)Cc1ccccc1. The summed E-state index contributed by atoms with van der Waals surface area (Å²) >= 11 is 0. The van der Waals surface area contributed by atoms with E-state index in [2.05, 4.69) is 12.2 Å². The van der Waals surface area contributed by atoms with E-state index in [1.807, 2.05) is 60.7 Å². The number of hydrogen-bond acceptors (Lipinski definition) is 3. The van der Waals surface area contributed by atoms with Gasteiger partial charge >= 0.3 is 0 Å². The number of nitrogens with one attached hydrogen (secondary N) is 1. The van der Waals surface area contributed by atoms with Crippen LogP contribution in [0.5, 0.6) is 0 Å². The summed E-state index contributed by atoms with van der Waals surface area (Å²) in [7, 11) is 0. The second-order valence-corrected chi connectivity index (χ2v) is 8.59. The maximum Gasteiger partial charge on any atom is 0.245 e. The van der Waals surface area contributed by atoms with Crippen LogP contribution in [-0.4, -0.2) is 35.1 Å². The topological polar surface area (TPSA) is 58.6 Å². The molecule has 1 spiro atoms. The molecule has 30 heavy (non-hydrogen) atoms. The minimum atomic E-state index is -0.646.